The molecule has 0 unspecified atom stereocenters. The topological polar surface area (TPSA) is 58.1 Å². The minimum Gasteiger partial charge on any atom is -0.353 e. The highest BCUT2D eigenvalue weighted by atomic mass is 32.1. The predicted molar refractivity (Wildman–Crippen MR) is 107 cm³/mol. The van der Waals surface area contributed by atoms with E-state index in [4.69, 9.17) is 4.98 Å². The van der Waals surface area contributed by atoms with Gasteiger partial charge in [0.15, 0.2) is 0 Å². The van der Waals surface area contributed by atoms with E-state index >= 15 is 0 Å². The first-order valence-corrected chi connectivity index (χ1v) is 10.2. The number of nitrogens with zero attached hydrogens (tertiary/aromatic N) is 3. The van der Waals surface area contributed by atoms with Crippen molar-refractivity contribution in [3.8, 4) is 0 Å². The van der Waals surface area contributed by atoms with Crippen LogP contribution < -0.4 is 10.2 Å². The van der Waals surface area contributed by atoms with Crippen molar-refractivity contribution >= 4 is 22.6 Å². The molecule has 1 aromatic carbocycles. The molecule has 1 aliphatic heterocycles. The summed E-state index contributed by atoms with van der Waals surface area (Å²) in [5.41, 5.74) is 1.22. The van der Waals surface area contributed by atoms with Gasteiger partial charge in [-0.3, -0.25) is 4.79 Å². The molecular weight excluding hydrogens is 344 g/mol. The van der Waals surface area contributed by atoms with E-state index in [1.54, 1.807) is 0 Å². The molecule has 3 rings (SSSR count). The van der Waals surface area contributed by atoms with Gasteiger partial charge >= 0.3 is 0 Å². The lowest BCUT2D eigenvalue weighted by atomic mass is 9.96. The fraction of sp³-hybridized carbons (Fsp3) is 0.550. The Morgan fingerprint density at radius 3 is 2.81 bits per heavy atom. The molecule has 26 heavy (non-hydrogen) atoms. The average molecular weight is 373 g/mol. The Bertz CT molecular complexity index is 716. The van der Waals surface area contributed by atoms with Gasteiger partial charge in [0.25, 0.3) is 0 Å². The summed E-state index contributed by atoms with van der Waals surface area (Å²) in [5, 5.41) is 4.10. The van der Waals surface area contributed by atoms with E-state index in [1.807, 2.05) is 18.2 Å². The van der Waals surface area contributed by atoms with Crippen molar-refractivity contribution in [2.75, 3.05) is 18.0 Å². The largest absolute Gasteiger partial charge is 0.353 e. The van der Waals surface area contributed by atoms with Crippen LogP contribution in [-0.4, -0.2) is 34.4 Å². The van der Waals surface area contributed by atoms with Gasteiger partial charge in [-0.2, -0.15) is 4.37 Å². The van der Waals surface area contributed by atoms with E-state index < -0.39 is 0 Å². The van der Waals surface area contributed by atoms with Gasteiger partial charge in [-0.25, -0.2) is 4.98 Å². The monoisotopic (exact) mass is 372 g/mol. The maximum atomic E-state index is 12.6. The van der Waals surface area contributed by atoms with Crippen molar-refractivity contribution in [2.45, 2.75) is 46.1 Å². The van der Waals surface area contributed by atoms with Gasteiger partial charge in [0.2, 0.25) is 11.0 Å². The molecule has 0 saturated carbocycles. The normalized spacial score (nSPS) is 18.8. The molecule has 1 saturated heterocycles. The van der Waals surface area contributed by atoms with Crippen LogP contribution in [0, 0.1) is 11.8 Å². The second-order valence-corrected chi connectivity index (χ2v) is 8.21. The number of hydrogen-bond donors (Lipinski definition) is 1. The summed E-state index contributed by atoms with van der Waals surface area (Å²) < 4.78 is 4.52. The number of nitrogens with one attached hydrogen (secondary N) is 1. The number of carbonyl (C=O) groups excluding carboxylic acids is 1. The van der Waals surface area contributed by atoms with E-state index in [9.17, 15) is 4.79 Å². The molecule has 2 aromatic rings. The number of carbonyl (C=O) groups is 1. The number of piperidine rings is 1. The zero-order valence-corrected chi connectivity index (χ0v) is 16.6. The van der Waals surface area contributed by atoms with Gasteiger partial charge in [-0.15, -0.1) is 0 Å². The second kappa shape index (κ2) is 8.62. The van der Waals surface area contributed by atoms with E-state index in [0.29, 0.717) is 5.92 Å². The number of anilines is 1. The lowest BCUT2D eigenvalue weighted by Gasteiger charge is -2.32. The third-order valence-electron chi connectivity index (χ3n) is 5.10. The highest BCUT2D eigenvalue weighted by Crippen LogP contribution is 2.25. The van der Waals surface area contributed by atoms with E-state index in [-0.39, 0.29) is 17.9 Å². The lowest BCUT2D eigenvalue weighted by molar-refractivity contribution is -0.126. The van der Waals surface area contributed by atoms with Crippen LogP contribution in [0.1, 0.15) is 45.0 Å². The molecule has 1 aromatic heterocycles. The Morgan fingerprint density at radius 2 is 2.08 bits per heavy atom. The summed E-state index contributed by atoms with van der Waals surface area (Å²) in [4.78, 5) is 19.5. The van der Waals surface area contributed by atoms with E-state index in [1.165, 1.54) is 17.1 Å². The quantitative estimate of drug-likeness (QED) is 0.843. The maximum absolute atomic E-state index is 12.6. The number of hydrogen-bond acceptors (Lipinski definition) is 5. The second-order valence-electron chi connectivity index (χ2n) is 7.48. The Labute approximate surface area is 160 Å². The Balaban J connectivity index is 1.60. The lowest BCUT2D eigenvalue weighted by Crippen LogP contribution is -2.46. The van der Waals surface area contributed by atoms with Crippen molar-refractivity contribution in [3.05, 3.63) is 41.7 Å². The van der Waals surface area contributed by atoms with Gasteiger partial charge in [0.1, 0.15) is 5.82 Å². The molecule has 0 aliphatic carbocycles. The first-order chi connectivity index (χ1) is 12.5. The zero-order valence-electron chi connectivity index (χ0n) is 15.8. The fourth-order valence-corrected chi connectivity index (χ4v) is 3.82. The summed E-state index contributed by atoms with van der Waals surface area (Å²) in [6.07, 6.45) is 2.71. The summed E-state index contributed by atoms with van der Waals surface area (Å²) in [6.45, 7) is 8.02. The molecule has 2 atom stereocenters. The smallest absolute Gasteiger partial charge is 0.225 e. The van der Waals surface area contributed by atoms with Crippen molar-refractivity contribution in [1.29, 1.82) is 0 Å². The first kappa shape index (κ1) is 18.8. The summed E-state index contributed by atoms with van der Waals surface area (Å²) in [7, 11) is 0. The third-order valence-corrected chi connectivity index (χ3v) is 5.91. The molecule has 0 radical (unpaired) electrons. The molecule has 6 heteroatoms. The van der Waals surface area contributed by atoms with Crippen molar-refractivity contribution in [3.63, 3.8) is 0 Å². The van der Waals surface area contributed by atoms with Crippen molar-refractivity contribution in [1.82, 2.24) is 14.7 Å². The first-order valence-electron chi connectivity index (χ1n) is 9.44. The fourth-order valence-electron chi connectivity index (χ4n) is 3.10. The highest BCUT2D eigenvalue weighted by Gasteiger charge is 2.28. The minimum absolute atomic E-state index is 0.0337. The van der Waals surface area contributed by atoms with Gasteiger partial charge in [0, 0.05) is 37.1 Å². The van der Waals surface area contributed by atoms with E-state index in [2.05, 4.69) is 47.5 Å². The van der Waals surface area contributed by atoms with E-state index in [0.717, 1.165) is 43.3 Å². The number of benzene rings is 1. The molecule has 1 N–H and O–H groups in total. The summed E-state index contributed by atoms with van der Waals surface area (Å²) in [5.74, 6) is 1.51. The molecule has 1 aliphatic rings. The average Bonchev–Trinajstić information content (AvgIpc) is 3.11. The predicted octanol–water partition coefficient (Wildman–Crippen LogP) is 3.51. The SMILES string of the molecule is CC(C)[C@H](C)NC(=O)[C@@H]1CCCN(c2nc(Cc3ccccc3)ns2)C1. The molecule has 0 bridgehead atoms. The Kier molecular flexibility index (Phi) is 6.25. The van der Waals surface area contributed by atoms with Crippen LogP contribution >= 0.6 is 11.5 Å². The maximum Gasteiger partial charge on any atom is 0.225 e. The minimum atomic E-state index is 0.0337. The van der Waals surface area contributed by atoms with Crippen LogP contribution in [0.15, 0.2) is 30.3 Å². The Hall–Kier alpha value is -1.95. The molecule has 140 valence electrons. The van der Waals surface area contributed by atoms with Gasteiger partial charge in [-0.1, -0.05) is 44.2 Å². The molecule has 1 amide bonds. The van der Waals surface area contributed by atoms with Crippen LogP contribution in [0.25, 0.3) is 0 Å². The van der Waals surface area contributed by atoms with Crippen molar-refractivity contribution in [2.24, 2.45) is 11.8 Å². The zero-order chi connectivity index (χ0) is 18.5. The summed E-state index contributed by atoms with van der Waals surface area (Å²) >= 11 is 1.44. The van der Waals surface area contributed by atoms with Crippen LogP contribution in [0.4, 0.5) is 5.13 Å². The Morgan fingerprint density at radius 1 is 1.31 bits per heavy atom. The van der Waals surface area contributed by atoms with Gasteiger partial charge < -0.3 is 10.2 Å². The van der Waals surface area contributed by atoms with Gasteiger partial charge in [-0.05, 0) is 31.2 Å². The number of rotatable bonds is 6. The number of aromatic nitrogens is 2. The van der Waals surface area contributed by atoms with Crippen LogP contribution in [0.2, 0.25) is 0 Å². The van der Waals surface area contributed by atoms with Gasteiger partial charge in [0.05, 0.1) is 5.92 Å². The third kappa shape index (κ3) is 4.81. The molecule has 0 spiro atoms. The van der Waals surface area contributed by atoms with Crippen LogP contribution in [0.3, 0.4) is 0 Å². The standard InChI is InChI=1S/C20H28N4OS/c1-14(2)15(3)21-19(25)17-10-7-11-24(13-17)20-22-18(23-26-20)12-16-8-5-4-6-9-16/h4-6,8-9,14-15,17H,7,10-13H2,1-3H3,(H,21,25)/t15-,17+/m0/s1. The van der Waals surface area contributed by atoms with Crippen LogP contribution in [-0.2, 0) is 11.2 Å². The molecular formula is C20H28N4OS. The number of amides is 1. The molecule has 2 heterocycles. The molecule has 5 nitrogen and oxygen atoms in total. The van der Waals surface area contributed by atoms with Crippen LogP contribution in [0.5, 0.6) is 0 Å². The highest BCUT2D eigenvalue weighted by molar-refractivity contribution is 7.09. The molecule has 1 fully saturated rings. The summed E-state index contributed by atoms with van der Waals surface area (Å²) in [6, 6.07) is 10.5. The van der Waals surface area contributed by atoms with Crippen molar-refractivity contribution < 1.29 is 4.79 Å².